The fourth-order valence-electron chi connectivity index (χ4n) is 10.5. The zero-order valence-electron chi connectivity index (χ0n) is 36.8. The zero-order valence-corrected chi connectivity index (χ0v) is 36.8. The zero-order chi connectivity index (χ0) is 42.3. The van der Waals surface area contributed by atoms with Crippen molar-refractivity contribution >= 4 is 28.7 Å². The van der Waals surface area contributed by atoms with E-state index in [1.165, 1.54) is 5.56 Å². The number of esters is 1. The predicted molar refractivity (Wildman–Crippen MR) is 237 cm³/mol. The normalized spacial score (nSPS) is 24.3. The highest BCUT2D eigenvalue weighted by Gasteiger charge is 2.45. The third-order valence-electron chi connectivity index (χ3n) is 13.5. The summed E-state index contributed by atoms with van der Waals surface area (Å²) in [5.74, 6) is -0.454. The number of hydrazine groups is 1. The van der Waals surface area contributed by atoms with Gasteiger partial charge in [-0.2, -0.15) is 0 Å². The molecule has 60 heavy (non-hydrogen) atoms. The SMILES string of the molecule is CCn1c(-c2cccnc2C(C)C)c2c3cc(ccc31)-c1cccc(c1)C[C@H](NC(=O)[C@H](C(C)C)N1CC[C@]3(CCNC3)C1)C(=O)N1CCC[C@H](N1)C(=O)OCC(C)(C)C2. The number of pyridine rings is 1. The maximum atomic E-state index is 14.7. The summed E-state index contributed by atoms with van der Waals surface area (Å²) in [5, 5.41) is 9.52. The molecule has 4 aliphatic heterocycles. The summed E-state index contributed by atoms with van der Waals surface area (Å²) in [6.07, 6.45) is 6.24. The van der Waals surface area contributed by atoms with Crippen LogP contribution in [-0.2, 0) is 38.5 Å². The van der Waals surface area contributed by atoms with Crippen LogP contribution in [0.1, 0.15) is 96.9 Å². The molecule has 2 aromatic heterocycles. The number of rotatable bonds is 7. The lowest BCUT2D eigenvalue weighted by Gasteiger charge is -2.37. The van der Waals surface area contributed by atoms with Crippen LogP contribution in [0.25, 0.3) is 33.3 Å². The number of carbonyl (C=O) groups is 3. The van der Waals surface area contributed by atoms with Gasteiger partial charge in [-0.1, -0.05) is 71.9 Å². The van der Waals surface area contributed by atoms with Gasteiger partial charge >= 0.3 is 5.97 Å². The van der Waals surface area contributed by atoms with Gasteiger partial charge in [0.15, 0.2) is 0 Å². The Morgan fingerprint density at radius 1 is 1.02 bits per heavy atom. The second kappa shape index (κ2) is 17.1. The van der Waals surface area contributed by atoms with Crippen LogP contribution in [0, 0.1) is 16.7 Å². The van der Waals surface area contributed by atoms with Gasteiger partial charge in [-0.3, -0.25) is 29.3 Å². The van der Waals surface area contributed by atoms with Crippen LogP contribution in [0.5, 0.6) is 0 Å². The molecule has 320 valence electrons. The van der Waals surface area contributed by atoms with Crippen LogP contribution in [0.4, 0.5) is 0 Å². The van der Waals surface area contributed by atoms with E-state index in [2.05, 4.69) is 116 Å². The number of ether oxygens (including phenoxy) is 1. The molecule has 4 atom stereocenters. The maximum absolute atomic E-state index is 14.7. The molecule has 3 N–H and O–H groups in total. The Labute approximate surface area is 356 Å². The highest BCUT2D eigenvalue weighted by molar-refractivity contribution is 5.95. The summed E-state index contributed by atoms with van der Waals surface area (Å²) in [6, 6.07) is 17.4. The fourth-order valence-corrected chi connectivity index (χ4v) is 10.5. The number of aromatic nitrogens is 2. The Hall–Kier alpha value is -4.58. The summed E-state index contributed by atoms with van der Waals surface area (Å²) in [4.78, 5) is 50.3. The van der Waals surface area contributed by atoms with Crippen LogP contribution in [-0.4, -0.2) is 94.7 Å². The Bertz CT molecular complexity index is 2240. The molecule has 4 aromatic rings. The Balaban J connectivity index is 1.20. The van der Waals surface area contributed by atoms with Crippen molar-refractivity contribution < 1.29 is 19.1 Å². The van der Waals surface area contributed by atoms with Crippen molar-refractivity contribution in [2.24, 2.45) is 16.7 Å². The third kappa shape index (κ3) is 8.37. The van der Waals surface area contributed by atoms with Crippen LogP contribution in [0.15, 0.2) is 60.8 Å². The van der Waals surface area contributed by atoms with Gasteiger partial charge in [0, 0.05) is 60.7 Å². The minimum absolute atomic E-state index is 0.0571. The molecule has 11 heteroatoms. The molecule has 8 rings (SSSR count). The second-order valence-corrected chi connectivity index (χ2v) is 19.5. The number of amides is 2. The van der Waals surface area contributed by atoms with E-state index in [-0.39, 0.29) is 47.7 Å². The Kier molecular flexibility index (Phi) is 12.0. The standard InChI is InChI=1S/C49H65N7O4/c1-8-55-41-17-16-35-26-37(41)38(44(55)36-14-10-20-51-42(36)31(2)3)27-48(6,7)30-60-47(59)39-15-11-22-56(53-39)46(58)40(25-33-12-9-13-34(35)24-33)52-45(57)43(32(4)5)54-23-19-49(29-54)18-21-50-28-49/h9-10,12-14,16-17,20,24,26,31-32,39-40,43,50,53H,8,11,15,18-19,21-23,25,27-30H2,1-7H3,(H,52,57)/t39-,40-,43-,49-/m0/s1. The van der Waals surface area contributed by atoms with Crippen molar-refractivity contribution in [3.63, 3.8) is 0 Å². The number of nitrogens with one attached hydrogen (secondary N) is 3. The van der Waals surface area contributed by atoms with E-state index in [4.69, 9.17) is 9.72 Å². The Morgan fingerprint density at radius 3 is 2.58 bits per heavy atom. The van der Waals surface area contributed by atoms with E-state index in [0.29, 0.717) is 32.2 Å². The van der Waals surface area contributed by atoms with Crippen LogP contribution < -0.4 is 16.1 Å². The topological polar surface area (TPSA) is 121 Å². The molecule has 3 fully saturated rings. The number of carbonyl (C=O) groups excluding carboxylic acids is 3. The van der Waals surface area contributed by atoms with Crippen molar-refractivity contribution in [2.45, 2.75) is 118 Å². The highest BCUT2D eigenvalue weighted by atomic mass is 16.5. The summed E-state index contributed by atoms with van der Waals surface area (Å²) >= 11 is 0. The molecule has 0 saturated carbocycles. The van der Waals surface area contributed by atoms with Gasteiger partial charge in [-0.05, 0) is 116 Å². The van der Waals surface area contributed by atoms with Gasteiger partial charge in [0.2, 0.25) is 5.91 Å². The molecular formula is C49H65N7O4. The first-order valence-electron chi connectivity index (χ1n) is 22.5. The van der Waals surface area contributed by atoms with Gasteiger partial charge in [0.05, 0.1) is 24.0 Å². The first kappa shape index (κ1) is 42.1. The van der Waals surface area contributed by atoms with Gasteiger partial charge < -0.3 is 19.9 Å². The highest BCUT2D eigenvalue weighted by Crippen LogP contribution is 2.42. The smallest absolute Gasteiger partial charge is 0.324 e. The van der Waals surface area contributed by atoms with E-state index >= 15 is 0 Å². The quantitative estimate of drug-likeness (QED) is 0.173. The third-order valence-corrected chi connectivity index (χ3v) is 13.5. The molecule has 11 nitrogen and oxygen atoms in total. The summed E-state index contributed by atoms with van der Waals surface area (Å²) in [7, 11) is 0. The molecule has 0 radical (unpaired) electrons. The van der Waals surface area contributed by atoms with E-state index < -0.39 is 17.5 Å². The minimum Gasteiger partial charge on any atom is -0.464 e. The van der Waals surface area contributed by atoms with Gasteiger partial charge in [-0.25, -0.2) is 5.43 Å². The van der Waals surface area contributed by atoms with E-state index in [1.807, 2.05) is 18.3 Å². The van der Waals surface area contributed by atoms with Crippen molar-refractivity contribution in [3.8, 4) is 22.4 Å². The van der Waals surface area contributed by atoms with Gasteiger partial charge in [-0.15, -0.1) is 0 Å². The van der Waals surface area contributed by atoms with Crippen molar-refractivity contribution in [1.29, 1.82) is 0 Å². The molecule has 3 saturated heterocycles. The largest absolute Gasteiger partial charge is 0.464 e. The van der Waals surface area contributed by atoms with Gasteiger partial charge in [0.1, 0.15) is 12.1 Å². The number of fused-ring (bicyclic) bond motifs is 6. The number of aryl methyl sites for hydroxylation is 1. The second-order valence-electron chi connectivity index (χ2n) is 19.5. The van der Waals surface area contributed by atoms with E-state index in [1.54, 1.807) is 5.01 Å². The predicted octanol–water partition coefficient (Wildman–Crippen LogP) is 6.87. The minimum atomic E-state index is -0.844. The van der Waals surface area contributed by atoms with E-state index in [0.717, 1.165) is 90.1 Å². The van der Waals surface area contributed by atoms with Crippen LogP contribution in [0.3, 0.4) is 0 Å². The van der Waals surface area contributed by atoms with Crippen molar-refractivity contribution in [1.82, 2.24) is 35.5 Å². The first-order valence-corrected chi connectivity index (χ1v) is 22.5. The molecule has 2 aromatic carbocycles. The lowest BCUT2D eigenvalue weighted by molar-refractivity contribution is -0.155. The molecule has 2 amide bonds. The molecule has 4 aliphatic rings. The monoisotopic (exact) mass is 816 g/mol. The fraction of sp³-hybridized carbons (Fsp3) is 0.551. The average molecular weight is 816 g/mol. The van der Waals surface area contributed by atoms with Crippen LogP contribution >= 0.6 is 0 Å². The lowest BCUT2D eigenvalue weighted by atomic mass is 9.83. The average Bonchev–Trinajstić information content (AvgIpc) is 3.96. The Morgan fingerprint density at radius 2 is 1.83 bits per heavy atom. The summed E-state index contributed by atoms with van der Waals surface area (Å²) in [5.41, 5.74) is 11.8. The summed E-state index contributed by atoms with van der Waals surface area (Å²) in [6.45, 7) is 20.3. The maximum Gasteiger partial charge on any atom is 0.324 e. The molecular weight excluding hydrogens is 751 g/mol. The molecule has 6 heterocycles. The summed E-state index contributed by atoms with van der Waals surface area (Å²) < 4.78 is 8.57. The number of benzene rings is 2. The number of hydrogen-bond donors (Lipinski definition) is 3. The van der Waals surface area contributed by atoms with Crippen molar-refractivity contribution in [2.75, 3.05) is 39.3 Å². The molecule has 0 aliphatic carbocycles. The number of likely N-dealkylation sites (tertiary alicyclic amines) is 1. The molecule has 6 bridgehead atoms. The number of cyclic esters (lactones) is 1. The molecule has 1 spiro atoms. The van der Waals surface area contributed by atoms with Gasteiger partial charge in [0.25, 0.3) is 5.91 Å². The number of nitrogens with zero attached hydrogens (tertiary/aromatic N) is 4. The first-order chi connectivity index (χ1) is 28.8. The lowest BCUT2D eigenvalue weighted by Crippen LogP contribution is -2.62. The van der Waals surface area contributed by atoms with Crippen molar-refractivity contribution in [3.05, 3.63) is 77.6 Å². The van der Waals surface area contributed by atoms with E-state index in [9.17, 15) is 14.4 Å². The van der Waals surface area contributed by atoms with Crippen LogP contribution in [0.2, 0.25) is 0 Å². The number of hydrogen-bond acceptors (Lipinski definition) is 8. The molecule has 0 unspecified atom stereocenters.